The minimum Gasteiger partial charge on any atom is -0.390 e. The Hall–Kier alpha value is -1.77. The predicted molar refractivity (Wildman–Crippen MR) is 112 cm³/mol. The van der Waals surface area contributed by atoms with Gasteiger partial charge in [-0.05, 0) is 43.4 Å². The largest absolute Gasteiger partial charge is 0.390 e. The summed E-state index contributed by atoms with van der Waals surface area (Å²) >= 11 is 12.0. The van der Waals surface area contributed by atoms with Gasteiger partial charge in [0.05, 0.1) is 28.6 Å². The average molecular weight is 440 g/mol. The van der Waals surface area contributed by atoms with Crippen LogP contribution in [-0.4, -0.2) is 67.3 Å². The molecule has 1 saturated heterocycles. The van der Waals surface area contributed by atoms with Gasteiger partial charge in [0, 0.05) is 13.6 Å². The molecule has 2 rings (SSSR count). The van der Waals surface area contributed by atoms with Gasteiger partial charge in [-0.1, -0.05) is 29.3 Å². The molecular formula is C19H24BCl2N3O4. The van der Waals surface area contributed by atoms with E-state index >= 15 is 0 Å². The van der Waals surface area contributed by atoms with Crippen LogP contribution in [-0.2, 0) is 16.0 Å². The molecule has 3 N–H and O–H groups in total. The van der Waals surface area contributed by atoms with Gasteiger partial charge in [-0.25, -0.2) is 0 Å². The molecule has 2 radical (unpaired) electrons. The maximum atomic E-state index is 12.4. The molecule has 0 aliphatic carbocycles. The quantitative estimate of drug-likeness (QED) is 0.562. The zero-order chi connectivity index (χ0) is 21.6. The van der Waals surface area contributed by atoms with E-state index in [-0.39, 0.29) is 18.7 Å². The summed E-state index contributed by atoms with van der Waals surface area (Å²) in [5.41, 5.74) is 0.722. The lowest BCUT2D eigenvalue weighted by atomic mass is 9.95. The Morgan fingerprint density at radius 3 is 2.72 bits per heavy atom. The third-order valence-corrected chi connectivity index (χ3v) is 5.72. The first kappa shape index (κ1) is 23.5. The second kappa shape index (κ2) is 10.9. The van der Waals surface area contributed by atoms with Crippen LogP contribution >= 0.6 is 23.2 Å². The zero-order valence-electron chi connectivity index (χ0n) is 16.2. The summed E-state index contributed by atoms with van der Waals surface area (Å²) in [4.78, 5) is 37.2. The summed E-state index contributed by atoms with van der Waals surface area (Å²) in [5, 5.41) is 16.8. The highest BCUT2D eigenvalue weighted by molar-refractivity contribution is 6.56. The van der Waals surface area contributed by atoms with E-state index in [1.54, 1.807) is 18.2 Å². The van der Waals surface area contributed by atoms with Gasteiger partial charge in [0.15, 0.2) is 5.81 Å². The fourth-order valence-electron chi connectivity index (χ4n) is 3.26. The van der Waals surface area contributed by atoms with Gasteiger partial charge in [0.2, 0.25) is 19.7 Å². The first-order chi connectivity index (χ1) is 13.7. The Morgan fingerprint density at radius 1 is 1.34 bits per heavy atom. The van der Waals surface area contributed by atoms with E-state index in [4.69, 9.17) is 31.0 Å². The molecule has 7 nitrogen and oxygen atoms in total. The number of hydrogen-bond donors (Lipinski definition) is 3. The molecule has 1 aromatic rings. The molecule has 1 fully saturated rings. The number of nitrogens with zero attached hydrogens (tertiary/aromatic N) is 1. The van der Waals surface area contributed by atoms with Gasteiger partial charge in [-0.15, -0.1) is 0 Å². The number of aliphatic hydroxyl groups is 1. The molecule has 2 unspecified atom stereocenters. The highest BCUT2D eigenvalue weighted by Crippen LogP contribution is 2.24. The number of rotatable bonds is 7. The number of halogens is 2. The van der Waals surface area contributed by atoms with E-state index in [9.17, 15) is 19.5 Å². The maximum Gasteiger partial charge on any atom is 0.242 e. The lowest BCUT2D eigenvalue weighted by Gasteiger charge is -2.32. The minimum atomic E-state index is -1.20. The number of hydrogen-bond acceptors (Lipinski definition) is 4. The molecule has 1 heterocycles. The summed E-state index contributed by atoms with van der Waals surface area (Å²) in [6, 6.07) is 3.58. The summed E-state index contributed by atoms with van der Waals surface area (Å²) in [5.74, 6) is -1.44. The molecule has 0 aromatic heterocycles. The van der Waals surface area contributed by atoms with Crippen molar-refractivity contribution in [3.63, 3.8) is 0 Å². The van der Waals surface area contributed by atoms with Gasteiger partial charge in [0.25, 0.3) is 0 Å². The fraction of sp³-hybridized carbons (Fsp3) is 0.526. The van der Waals surface area contributed by atoms with E-state index in [1.807, 2.05) is 0 Å². The fourth-order valence-corrected chi connectivity index (χ4v) is 3.58. The van der Waals surface area contributed by atoms with Crippen molar-refractivity contribution in [3.05, 3.63) is 33.8 Å². The van der Waals surface area contributed by atoms with Crippen molar-refractivity contribution in [3.8, 4) is 0 Å². The third-order valence-electron chi connectivity index (χ3n) is 4.98. The number of nitrogens with one attached hydrogen (secondary N) is 2. The van der Waals surface area contributed by atoms with Gasteiger partial charge in [-0.2, -0.15) is 0 Å². The van der Waals surface area contributed by atoms with E-state index in [0.717, 1.165) is 18.4 Å². The van der Waals surface area contributed by atoms with Crippen LogP contribution in [0.4, 0.5) is 4.79 Å². The van der Waals surface area contributed by atoms with E-state index in [1.165, 1.54) is 11.9 Å². The highest BCUT2D eigenvalue weighted by Gasteiger charge is 2.29. The van der Waals surface area contributed by atoms with Gasteiger partial charge in [0.1, 0.15) is 6.04 Å². The first-order valence-electron chi connectivity index (χ1n) is 9.40. The van der Waals surface area contributed by atoms with E-state index in [0.29, 0.717) is 23.0 Å². The lowest BCUT2D eigenvalue weighted by molar-refractivity contribution is -0.130. The summed E-state index contributed by atoms with van der Waals surface area (Å²) < 4.78 is 0. The van der Waals surface area contributed by atoms with Crippen LogP contribution in [0.15, 0.2) is 18.2 Å². The topological polar surface area (TPSA) is 98.7 Å². The molecule has 0 bridgehead atoms. The molecule has 10 heteroatoms. The van der Waals surface area contributed by atoms with Crippen LogP contribution in [0.2, 0.25) is 10.0 Å². The summed E-state index contributed by atoms with van der Waals surface area (Å²) in [6.45, 7) is 0.586. The number of aliphatic hydroxyl groups excluding tert-OH is 1. The number of benzene rings is 1. The van der Waals surface area contributed by atoms with Crippen molar-refractivity contribution >= 4 is 48.7 Å². The van der Waals surface area contributed by atoms with Crippen LogP contribution < -0.4 is 10.6 Å². The molecule has 3 atom stereocenters. The predicted octanol–water partition coefficient (Wildman–Crippen LogP) is 1.66. The minimum absolute atomic E-state index is 0.217. The molecule has 29 heavy (non-hydrogen) atoms. The Labute approximate surface area is 181 Å². The Morgan fingerprint density at radius 2 is 2.07 bits per heavy atom. The maximum absolute atomic E-state index is 12.4. The second-order valence-electron chi connectivity index (χ2n) is 7.15. The van der Waals surface area contributed by atoms with Crippen LogP contribution in [0.25, 0.3) is 0 Å². The Bertz CT molecular complexity index is 765. The summed E-state index contributed by atoms with van der Waals surface area (Å²) in [7, 11) is 6.82. The molecule has 1 aliphatic heterocycles. The average Bonchev–Trinajstić information content (AvgIpc) is 2.86. The van der Waals surface area contributed by atoms with Gasteiger partial charge >= 0.3 is 0 Å². The van der Waals surface area contributed by atoms with Crippen molar-refractivity contribution < 1.29 is 19.5 Å². The number of carbonyl (C=O) groups excluding carboxylic acids is 3. The third kappa shape index (κ3) is 6.91. The molecule has 0 saturated carbocycles. The molecule has 1 aliphatic rings. The monoisotopic (exact) mass is 439 g/mol. The normalized spacial score (nSPS) is 18.9. The van der Waals surface area contributed by atoms with Crippen molar-refractivity contribution in [2.75, 3.05) is 13.6 Å². The smallest absolute Gasteiger partial charge is 0.242 e. The highest BCUT2D eigenvalue weighted by atomic mass is 35.5. The van der Waals surface area contributed by atoms with Crippen molar-refractivity contribution in [2.45, 2.75) is 50.3 Å². The van der Waals surface area contributed by atoms with Crippen LogP contribution in [0.5, 0.6) is 0 Å². The molecular weight excluding hydrogens is 416 g/mol. The standard InChI is InChI=1S/C19H24BCl2N3O4/c1-25(19(20)29)15(9-11-5-6-12(21)13(22)8-11)16(26)10-17(27)24-14-4-2-3-7-23-18(14)28/h5-6,8,14-16,26H,2-4,7,9-10H2,1H3,(H,23,28)(H,24,27)/t14?,15-,16?/m1/s1. The number of amides is 3. The van der Waals surface area contributed by atoms with E-state index < -0.39 is 29.9 Å². The molecule has 3 amide bonds. The molecule has 0 spiro atoms. The Kier molecular flexibility index (Phi) is 8.80. The van der Waals surface area contributed by atoms with Gasteiger partial charge < -0.3 is 20.6 Å². The lowest BCUT2D eigenvalue weighted by Crippen LogP contribution is -2.50. The number of likely N-dealkylation sites (N-methyl/N-ethyl adjacent to an activating group) is 1. The first-order valence-corrected chi connectivity index (χ1v) is 10.2. The zero-order valence-corrected chi connectivity index (χ0v) is 17.7. The van der Waals surface area contributed by atoms with Crippen LogP contribution in [0, 0.1) is 0 Å². The van der Waals surface area contributed by atoms with Crippen LogP contribution in [0.1, 0.15) is 31.2 Å². The summed E-state index contributed by atoms with van der Waals surface area (Å²) in [6.07, 6.45) is 0.951. The Balaban J connectivity index is 2.06. The number of carbonyl (C=O) groups is 3. The van der Waals surface area contributed by atoms with Crippen molar-refractivity contribution in [2.24, 2.45) is 0 Å². The van der Waals surface area contributed by atoms with Crippen molar-refractivity contribution in [1.82, 2.24) is 15.5 Å². The SMILES string of the molecule is [B]C(=O)N(C)[C@H](Cc1ccc(Cl)c(Cl)c1)C(O)CC(=O)NC1CCCCNC1=O. The second-order valence-corrected chi connectivity index (χ2v) is 7.96. The van der Waals surface area contributed by atoms with Crippen molar-refractivity contribution in [1.29, 1.82) is 0 Å². The molecule has 1 aromatic carbocycles. The molecule has 156 valence electrons. The van der Waals surface area contributed by atoms with Gasteiger partial charge in [-0.3, -0.25) is 14.4 Å². The van der Waals surface area contributed by atoms with E-state index in [2.05, 4.69) is 10.6 Å². The van der Waals surface area contributed by atoms with Crippen LogP contribution in [0.3, 0.4) is 0 Å².